The summed E-state index contributed by atoms with van der Waals surface area (Å²) in [5.41, 5.74) is 7.48. The number of fused-ring (bicyclic) bond motifs is 3. The molecule has 4 aromatic carbocycles. The molecule has 39 heavy (non-hydrogen) atoms. The first-order valence-electron chi connectivity index (χ1n) is 13.8. The minimum absolute atomic E-state index is 0.289. The second-order valence-electron chi connectivity index (χ2n) is 10.1. The van der Waals surface area contributed by atoms with Crippen molar-refractivity contribution in [2.75, 3.05) is 13.2 Å². The van der Waals surface area contributed by atoms with E-state index in [4.69, 9.17) is 5.11 Å². The van der Waals surface area contributed by atoms with Crippen LogP contribution in [0.3, 0.4) is 0 Å². The summed E-state index contributed by atoms with van der Waals surface area (Å²) in [4.78, 5) is 13.9. The number of carbonyl (C=O) groups excluding carboxylic acids is 1. The monoisotopic (exact) mass is 516 g/mol. The van der Waals surface area contributed by atoms with Gasteiger partial charge in [-0.1, -0.05) is 91.0 Å². The molecule has 0 saturated carbocycles. The van der Waals surface area contributed by atoms with E-state index >= 15 is 0 Å². The molecule has 0 aliphatic rings. The standard InChI is InChI=1S/C35H36N2O2/c1-2-37-34-13-7-6-12-32(34)33-21-19-30(23-35(33)37)25-36(22-8-11-27-9-4-3-5-10-27)24-29-16-14-28(15-17-29)18-20-31(39)26-38/h3-7,9-10,12-21,23,38H,2,8,11,22,24-26H2,1H3/b20-18+. The summed E-state index contributed by atoms with van der Waals surface area (Å²) >= 11 is 0. The summed E-state index contributed by atoms with van der Waals surface area (Å²) in [6.45, 7) is 5.42. The first kappa shape index (κ1) is 26.6. The molecule has 5 aromatic rings. The maximum atomic E-state index is 11.4. The van der Waals surface area contributed by atoms with Gasteiger partial charge in [0.25, 0.3) is 0 Å². The van der Waals surface area contributed by atoms with Gasteiger partial charge in [0.05, 0.1) is 0 Å². The van der Waals surface area contributed by atoms with Crippen LogP contribution >= 0.6 is 0 Å². The minimum atomic E-state index is -0.461. The summed E-state index contributed by atoms with van der Waals surface area (Å²) < 4.78 is 2.42. The van der Waals surface area contributed by atoms with Crippen molar-refractivity contribution < 1.29 is 9.90 Å². The summed E-state index contributed by atoms with van der Waals surface area (Å²) in [6, 6.07) is 34.6. The molecule has 0 atom stereocenters. The van der Waals surface area contributed by atoms with Crippen LogP contribution in [0.4, 0.5) is 0 Å². The van der Waals surface area contributed by atoms with Gasteiger partial charge in [0, 0.05) is 41.4 Å². The van der Waals surface area contributed by atoms with Crippen LogP contribution < -0.4 is 0 Å². The van der Waals surface area contributed by atoms with Crippen LogP contribution in [0, 0.1) is 0 Å². The second-order valence-corrected chi connectivity index (χ2v) is 10.1. The maximum Gasteiger partial charge on any atom is 0.181 e. The van der Waals surface area contributed by atoms with Gasteiger partial charge in [0.15, 0.2) is 5.78 Å². The van der Waals surface area contributed by atoms with Crippen molar-refractivity contribution in [1.29, 1.82) is 0 Å². The molecular formula is C35H36N2O2. The Labute approximate surface area is 230 Å². The molecule has 5 rings (SSSR count). The molecule has 0 aliphatic heterocycles. The summed E-state index contributed by atoms with van der Waals surface area (Å²) in [5, 5.41) is 11.6. The zero-order valence-corrected chi connectivity index (χ0v) is 22.6. The Kier molecular flexibility index (Phi) is 8.67. The molecule has 0 saturated heterocycles. The van der Waals surface area contributed by atoms with E-state index < -0.39 is 6.61 Å². The number of carbonyl (C=O) groups is 1. The van der Waals surface area contributed by atoms with Crippen molar-refractivity contribution in [1.82, 2.24) is 9.47 Å². The van der Waals surface area contributed by atoms with Crippen LogP contribution in [-0.2, 0) is 30.8 Å². The van der Waals surface area contributed by atoms with E-state index in [1.54, 1.807) is 6.08 Å². The Morgan fingerprint density at radius 2 is 1.49 bits per heavy atom. The number of hydrogen-bond donors (Lipinski definition) is 1. The molecule has 0 bridgehead atoms. The Hall–Kier alpha value is -3.99. The van der Waals surface area contributed by atoms with Crippen LogP contribution in [-0.4, -0.2) is 33.5 Å². The fourth-order valence-corrected chi connectivity index (χ4v) is 5.39. The van der Waals surface area contributed by atoms with Crippen LogP contribution in [0.2, 0.25) is 0 Å². The molecule has 1 N–H and O–H groups in total. The predicted octanol–water partition coefficient (Wildman–Crippen LogP) is 7.02. The number of aliphatic hydroxyl groups is 1. The SMILES string of the molecule is CCn1c2ccccc2c2ccc(CN(CCCc3ccccc3)Cc3ccc(/C=C/C(=O)CO)cc3)cc21. The highest BCUT2D eigenvalue weighted by atomic mass is 16.3. The van der Waals surface area contributed by atoms with Crippen LogP contribution in [0.25, 0.3) is 27.9 Å². The number of nitrogens with zero attached hydrogens (tertiary/aromatic N) is 2. The van der Waals surface area contributed by atoms with Gasteiger partial charge in [0.2, 0.25) is 0 Å². The average Bonchev–Trinajstić information content (AvgIpc) is 3.30. The molecule has 4 nitrogen and oxygen atoms in total. The van der Waals surface area contributed by atoms with Gasteiger partial charge in [-0.3, -0.25) is 9.69 Å². The fourth-order valence-electron chi connectivity index (χ4n) is 5.39. The minimum Gasteiger partial charge on any atom is -0.388 e. The molecule has 0 radical (unpaired) electrons. The van der Waals surface area contributed by atoms with Crippen molar-refractivity contribution in [2.45, 2.75) is 39.4 Å². The Bertz CT molecular complexity index is 1570. The van der Waals surface area contributed by atoms with Crippen molar-refractivity contribution in [2.24, 2.45) is 0 Å². The van der Waals surface area contributed by atoms with E-state index in [2.05, 4.69) is 101 Å². The lowest BCUT2D eigenvalue weighted by molar-refractivity contribution is -0.117. The highest BCUT2D eigenvalue weighted by Crippen LogP contribution is 2.30. The van der Waals surface area contributed by atoms with Crippen molar-refractivity contribution in [3.05, 3.63) is 125 Å². The summed E-state index contributed by atoms with van der Waals surface area (Å²) in [6.07, 6.45) is 5.33. The number of ketones is 1. The lowest BCUT2D eigenvalue weighted by Gasteiger charge is -2.23. The third-order valence-corrected chi connectivity index (χ3v) is 7.35. The molecule has 4 heteroatoms. The molecule has 198 valence electrons. The van der Waals surface area contributed by atoms with Gasteiger partial charge in [-0.25, -0.2) is 0 Å². The quantitative estimate of drug-likeness (QED) is 0.181. The van der Waals surface area contributed by atoms with E-state index in [1.807, 2.05) is 12.1 Å². The number of hydrogen-bond acceptors (Lipinski definition) is 3. The number of aromatic nitrogens is 1. The number of para-hydroxylation sites is 1. The summed E-state index contributed by atoms with van der Waals surface area (Å²) in [7, 11) is 0. The molecule has 1 aromatic heterocycles. The second kappa shape index (κ2) is 12.7. The van der Waals surface area contributed by atoms with Gasteiger partial charge < -0.3 is 9.67 Å². The zero-order valence-electron chi connectivity index (χ0n) is 22.6. The highest BCUT2D eigenvalue weighted by molar-refractivity contribution is 6.08. The highest BCUT2D eigenvalue weighted by Gasteiger charge is 2.12. The van der Waals surface area contributed by atoms with Crippen LogP contribution in [0.15, 0.2) is 103 Å². The van der Waals surface area contributed by atoms with E-state index in [0.717, 1.165) is 44.6 Å². The van der Waals surface area contributed by atoms with Crippen molar-refractivity contribution in [3.8, 4) is 0 Å². The van der Waals surface area contributed by atoms with Gasteiger partial charge in [-0.2, -0.15) is 0 Å². The maximum absolute atomic E-state index is 11.4. The average molecular weight is 517 g/mol. The molecule has 0 fully saturated rings. The number of rotatable bonds is 12. The third-order valence-electron chi connectivity index (χ3n) is 7.35. The van der Waals surface area contributed by atoms with Crippen molar-refractivity contribution in [3.63, 3.8) is 0 Å². The number of aryl methyl sites for hydroxylation is 2. The van der Waals surface area contributed by atoms with Gasteiger partial charge in [-0.05, 0) is 66.8 Å². The number of benzene rings is 4. The largest absolute Gasteiger partial charge is 0.388 e. The third kappa shape index (κ3) is 6.54. The first-order valence-corrected chi connectivity index (χ1v) is 13.8. The van der Waals surface area contributed by atoms with E-state index in [1.165, 1.54) is 44.6 Å². The van der Waals surface area contributed by atoms with Crippen LogP contribution in [0.1, 0.15) is 35.6 Å². The molecular weight excluding hydrogens is 480 g/mol. The Morgan fingerprint density at radius 1 is 0.795 bits per heavy atom. The number of aliphatic hydroxyl groups excluding tert-OH is 1. The van der Waals surface area contributed by atoms with Crippen LogP contribution in [0.5, 0.6) is 0 Å². The molecule has 0 unspecified atom stereocenters. The lowest BCUT2D eigenvalue weighted by Crippen LogP contribution is -2.24. The first-order chi connectivity index (χ1) is 19.1. The normalized spacial score (nSPS) is 11.8. The Morgan fingerprint density at radius 3 is 2.26 bits per heavy atom. The molecule has 0 aliphatic carbocycles. The lowest BCUT2D eigenvalue weighted by atomic mass is 10.1. The van der Waals surface area contributed by atoms with E-state index in [-0.39, 0.29) is 5.78 Å². The Balaban J connectivity index is 1.36. The van der Waals surface area contributed by atoms with E-state index in [0.29, 0.717) is 0 Å². The molecule has 0 spiro atoms. The smallest absolute Gasteiger partial charge is 0.181 e. The van der Waals surface area contributed by atoms with Gasteiger partial charge >= 0.3 is 0 Å². The summed E-state index contributed by atoms with van der Waals surface area (Å²) in [5.74, 6) is -0.289. The molecule has 1 heterocycles. The zero-order chi connectivity index (χ0) is 27.0. The fraction of sp³-hybridized carbons (Fsp3) is 0.229. The molecule has 0 amide bonds. The van der Waals surface area contributed by atoms with Gasteiger partial charge in [0.1, 0.15) is 6.61 Å². The van der Waals surface area contributed by atoms with E-state index in [9.17, 15) is 4.79 Å². The van der Waals surface area contributed by atoms with Gasteiger partial charge in [-0.15, -0.1) is 0 Å². The predicted molar refractivity (Wildman–Crippen MR) is 162 cm³/mol. The van der Waals surface area contributed by atoms with Crippen molar-refractivity contribution >= 4 is 33.7 Å². The topological polar surface area (TPSA) is 45.5 Å².